The summed E-state index contributed by atoms with van der Waals surface area (Å²) in [4.78, 5) is 1.26. The molecule has 3 nitrogen and oxygen atoms in total. The molecule has 0 aromatic carbocycles. The zero-order valence-electron chi connectivity index (χ0n) is 8.06. The summed E-state index contributed by atoms with van der Waals surface area (Å²) in [7, 11) is 0. The van der Waals surface area contributed by atoms with Crippen LogP contribution in [-0.4, -0.2) is 49.0 Å². The molecule has 0 radical (unpaired) electrons. The number of nitrogens with zero attached hydrogens (tertiary/aromatic N) is 1. The molecule has 0 rings (SSSR count). The first-order valence-corrected chi connectivity index (χ1v) is 4.59. The van der Waals surface area contributed by atoms with Crippen LogP contribution in [0, 0.1) is 0 Å². The molecule has 0 heterocycles. The predicted molar refractivity (Wildman–Crippen MR) is 47.9 cm³/mol. The van der Waals surface area contributed by atoms with Gasteiger partial charge in [0.15, 0.2) is 0 Å². The Morgan fingerprint density at radius 2 is 1.79 bits per heavy atom. The molecule has 86 valence electrons. The lowest BCUT2D eigenvalue weighted by Gasteiger charge is -2.22. The van der Waals surface area contributed by atoms with E-state index in [2.05, 4.69) is 0 Å². The number of rotatable bonds is 7. The first-order chi connectivity index (χ1) is 6.49. The van der Waals surface area contributed by atoms with Crippen LogP contribution >= 0.6 is 0 Å². The van der Waals surface area contributed by atoms with Crippen molar-refractivity contribution in [1.82, 2.24) is 4.90 Å². The van der Waals surface area contributed by atoms with Crippen molar-refractivity contribution < 1.29 is 18.3 Å². The van der Waals surface area contributed by atoms with Gasteiger partial charge < -0.3 is 10.8 Å². The Morgan fingerprint density at radius 1 is 1.14 bits per heavy atom. The lowest BCUT2D eigenvalue weighted by atomic mass is 10.3. The van der Waals surface area contributed by atoms with Crippen LogP contribution < -0.4 is 5.73 Å². The normalized spacial score (nSPS) is 12.4. The van der Waals surface area contributed by atoms with Crippen LogP contribution in [0.15, 0.2) is 0 Å². The van der Waals surface area contributed by atoms with Gasteiger partial charge in [-0.25, -0.2) is 0 Å². The first-order valence-electron chi connectivity index (χ1n) is 4.59. The van der Waals surface area contributed by atoms with Crippen molar-refractivity contribution in [3.8, 4) is 0 Å². The quantitative estimate of drug-likeness (QED) is 0.609. The number of aliphatic hydroxyl groups excluding tert-OH is 1. The lowest BCUT2D eigenvalue weighted by molar-refractivity contribution is -0.145. The third-order valence-electron chi connectivity index (χ3n) is 1.73. The molecule has 0 amide bonds. The van der Waals surface area contributed by atoms with E-state index in [-0.39, 0.29) is 19.7 Å². The maximum atomic E-state index is 12.0. The molecule has 0 spiro atoms. The summed E-state index contributed by atoms with van der Waals surface area (Å²) in [6, 6.07) is 0. The summed E-state index contributed by atoms with van der Waals surface area (Å²) in [5, 5.41) is 8.48. The highest BCUT2D eigenvalue weighted by Gasteiger charge is 2.29. The number of unbranched alkanes of at least 4 members (excludes halogenated alkanes) is 1. The molecule has 0 saturated carbocycles. The van der Waals surface area contributed by atoms with Gasteiger partial charge in [0.1, 0.15) is 0 Å². The van der Waals surface area contributed by atoms with Gasteiger partial charge in [0.25, 0.3) is 0 Å². The monoisotopic (exact) mass is 214 g/mol. The number of nitrogens with two attached hydrogens (primary N) is 1. The SMILES string of the molecule is NCCN(CCCCO)CC(F)(F)F. The Balaban J connectivity index is 3.77. The highest BCUT2D eigenvalue weighted by molar-refractivity contribution is 4.63. The van der Waals surface area contributed by atoms with E-state index >= 15 is 0 Å². The third kappa shape index (κ3) is 8.28. The first kappa shape index (κ1) is 13.7. The van der Waals surface area contributed by atoms with Crippen molar-refractivity contribution in [3.63, 3.8) is 0 Å². The predicted octanol–water partition coefficient (Wildman–Crippen LogP) is 0.582. The molecule has 6 heteroatoms. The number of halogens is 3. The zero-order chi connectivity index (χ0) is 11.0. The van der Waals surface area contributed by atoms with Gasteiger partial charge in [0, 0.05) is 19.7 Å². The Bertz CT molecular complexity index is 141. The minimum absolute atomic E-state index is 0.0164. The minimum Gasteiger partial charge on any atom is -0.396 e. The van der Waals surface area contributed by atoms with Crippen molar-refractivity contribution in [2.45, 2.75) is 19.0 Å². The maximum Gasteiger partial charge on any atom is 0.401 e. The molecule has 0 aromatic heterocycles. The second kappa shape index (κ2) is 7.03. The van der Waals surface area contributed by atoms with Gasteiger partial charge in [-0.3, -0.25) is 4.90 Å². The summed E-state index contributed by atoms with van der Waals surface area (Å²) in [5.41, 5.74) is 5.19. The molecule has 14 heavy (non-hydrogen) atoms. The van der Waals surface area contributed by atoms with Crippen LogP contribution in [0.5, 0.6) is 0 Å². The summed E-state index contributed by atoms with van der Waals surface area (Å²) < 4.78 is 36.0. The fraction of sp³-hybridized carbons (Fsp3) is 1.00. The van der Waals surface area contributed by atoms with Gasteiger partial charge in [-0.05, 0) is 19.4 Å². The standard InChI is InChI=1S/C8H17F3N2O/c9-8(10,11)7-13(5-3-12)4-1-2-6-14/h14H,1-7,12H2. The van der Waals surface area contributed by atoms with Crippen molar-refractivity contribution >= 4 is 0 Å². The molecule has 0 fully saturated rings. The molecule has 0 aliphatic rings. The fourth-order valence-electron chi connectivity index (χ4n) is 1.15. The van der Waals surface area contributed by atoms with Crippen LogP contribution in [0.3, 0.4) is 0 Å². The van der Waals surface area contributed by atoms with E-state index < -0.39 is 12.7 Å². The van der Waals surface area contributed by atoms with Crippen molar-refractivity contribution in [1.29, 1.82) is 0 Å². The van der Waals surface area contributed by atoms with Crippen molar-refractivity contribution in [3.05, 3.63) is 0 Å². The molecule has 0 saturated heterocycles. The number of hydrogen-bond acceptors (Lipinski definition) is 3. The van der Waals surface area contributed by atoms with E-state index in [1.54, 1.807) is 0 Å². The highest BCUT2D eigenvalue weighted by atomic mass is 19.4. The second-order valence-electron chi connectivity index (χ2n) is 3.11. The zero-order valence-corrected chi connectivity index (χ0v) is 8.06. The second-order valence-corrected chi connectivity index (χ2v) is 3.11. The molecule has 0 aromatic rings. The van der Waals surface area contributed by atoms with Crippen molar-refractivity contribution in [2.24, 2.45) is 5.73 Å². The van der Waals surface area contributed by atoms with Crippen LogP contribution in [0.4, 0.5) is 13.2 Å². The molecule has 0 aliphatic carbocycles. The van der Waals surface area contributed by atoms with Gasteiger partial charge in [0.2, 0.25) is 0 Å². The Kier molecular flexibility index (Phi) is 6.86. The van der Waals surface area contributed by atoms with Gasteiger partial charge in [-0.1, -0.05) is 0 Å². The smallest absolute Gasteiger partial charge is 0.396 e. The average Bonchev–Trinajstić information content (AvgIpc) is 2.02. The number of alkyl halides is 3. The van der Waals surface area contributed by atoms with Gasteiger partial charge in [0.05, 0.1) is 6.54 Å². The van der Waals surface area contributed by atoms with Crippen LogP contribution in [0.25, 0.3) is 0 Å². The molecule has 0 atom stereocenters. The van der Waals surface area contributed by atoms with Gasteiger partial charge in [-0.2, -0.15) is 13.2 Å². The number of hydrogen-bond donors (Lipinski definition) is 2. The Morgan fingerprint density at radius 3 is 2.21 bits per heavy atom. The topological polar surface area (TPSA) is 49.5 Å². The van der Waals surface area contributed by atoms with E-state index in [4.69, 9.17) is 10.8 Å². The van der Waals surface area contributed by atoms with Gasteiger partial charge >= 0.3 is 6.18 Å². The van der Waals surface area contributed by atoms with E-state index in [0.717, 1.165) is 0 Å². The van der Waals surface area contributed by atoms with Gasteiger partial charge in [-0.15, -0.1) is 0 Å². The fourth-order valence-corrected chi connectivity index (χ4v) is 1.15. The molecule has 0 aliphatic heterocycles. The molecule has 0 bridgehead atoms. The van der Waals surface area contributed by atoms with Crippen molar-refractivity contribution in [2.75, 3.05) is 32.8 Å². The maximum absolute atomic E-state index is 12.0. The van der Waals surface area contributed by atoms with E-state index in [0.29, 0.717) is 19.4 Å². The van der Waals surface area contributed by atoms with E-state index in [1.165, 1.54) is 4.90 Å². The average molecular weight is 214 g/mol. The molecule has 0 unspecified atom stereocenters. The molecular weight excluding hydrogens is 197 g/mol. The summed E-state index contributed by atoms with van der Waals surface area (Å²) in [6.45, 7) is -0.116. The third-order valence-corrected chi connectivity index (χ3v) is 1.73. The Hall–Kier alpha value is -0.330. The van der Waals surface area contributed by atoms with Crippen LogP contribution in [0.1, 0.15) is 12.8 Å². The number of aliphatic hydroxyl groups is 1. The van der Waals surface area contributed by atoms with Crippen LogP contribution in [-0.2, 0) is 0 Å². The summed E-state index contributed by atoms with van der Waals surface area (Å²) >= 11 is 0. The molecular formula is C8H17F3N2O. The summed E-state index contributed by atoms with van der Waals surface area (Å²) in [6.07, 6.45) is -3.08. The molecule has 3 N–H and O–H groups in total. The largest absolute Gasteiger partial charge is 0.401 e. The summed E-state index contributed by atoms with van der Waals surface area (Å²) in [5.74, 6) is 0. The Labute approximate surface area is 81.7 Å². The van der Waals surface area contributed by atoms with Crippen LogP contribution in [0.2, 0.25) is 0 Å². The highest BCUT2D eigenvalue weighted by Crippen LogP contribution is 2.16. The van der Waals surface area contributed by atoms with E-state index in [9.17, 15) is 13.2 Å². The minimum atomic E-state index is -4.17. The van der Waals surface area contributed by atoms with E-state index in [1.807, 2.05) is 0 Å². The lowest BCUT2D eigenvalue weighted by Crippen LogP contribution is -2.38.